The van der Waals surface area contributed by atoms with Crippen LogP contribution in [0.15, 0.2) is 146 Å². The number of rotatable bonds is 4. The summed E-state index contributed by atoms with van der Waals surface area (Å²) in [5.41, 5.74) is 13.3. The second kappa shape index (κ2) is 9.96. The van der Waals surface area contributed by atoms with Crippen LogP contribution in [-0.2, 0) is 6.42 Å². The van der Waals surface area contributed by atoms with Gasteiger partial charge in [0.1, 0.15) is 0 Å². The van der Waals surface area contributed by atoms with Crippen molar-refractivity contribution in [1.29, 1.82) is 0 Å². The van der Waals surface area contributed by atoms with Crippen molar-refractivity contribution in [2.75, 3.05) is 0 Å². The van der Waals surface area contributed by atoms with Crippen molar-refractivity contribution in [2.24, 2.45) is 0 Å². The molecule has 0 unspecified atom stereocenters. The van der Waals surface area contributed by atoms with Crippen LogP contribution in [0.25, 0.3) is 72.4 Å². The molecular formula is C41H29N3. The summed E-state index contributed by atoms with van der Waals surface area (Å²) in [6.07, 6.45) is 10.6. The Morgan fingerprint density at radius 3 is 1.82 bits per heavy atom. The summed E-state index contributed by atoms with van der Waals surface area (Å²) in [6, 6.07) is 46.0. The van der Waals surface area contributed by atoms with Crippen LogP contribution in [0.1, 0.15) is 17.7 Å². The minimum Gasteiger partial charge on any atom is -0.311 e. The Morgan fingerprint density at radius 2 is 1.07 bits per heavy atom. The molecule has 0 spiro atoms. The lowest BCUT2D eigenvalue weighted by atomic mass is 9.99. The molecule has 8 aromatic rings. The van der Waals surface area contributed by atoms with Crippen LogP contribution in [0.5, 0.6) is 0 Å². The SMILES string of the molecule is C1=Cc2c(n(-c3cncc(-c4cccc(-c5cccc(-n6c7ccccc7c7ccccc76)c5)c4)c3)c3ccccc23)CC1. The summed E-state index contributed by atoms with van der Waals surface area (Å²) in [6.45, 7) is 0. The van der Waals surface area contributed by atoms with Crippen molar-refractivity contribution in [3.63, 3.8) is 0 Å². The Kier molecular flexibility index (Phi) is 5.63. The maximum atomic E-state index is 4.74. The molecule has 0 saturated carbocycles. The minimum absolute atomic E-state index is 1.03. The summed E-state index contributed by atoms with van der Waals surface area (Å²) in [7, 11) is 0. The van der Waals surface area contributed by atoms with E-state index in [2.05, 4.69) is 149 Å². The molecule has 3 heteroatoms. The number of fused-ring (bicyclic) bond motifs is 6. The summed E-state index contributed by atoms with van der Waals surface area (Å²) in [4.78, 5) is 4.74. The molecule has 44 heavy (non-hydrogen) atoms. The Morgan fingerprint density at radius 1 is 0.477 bits per heavy atom. The van der Waals surface area contributed by atoms with Gasteiger partial charge in [-0.2, -0.15) is 0 Å². The number of para-hydroxylation sites is 3. The van der Waals surface area contributed by atoms with Crippen LogP contribution < -0.4 is 0 Å². The highest BCUT2D eigenvalue weighted by Crippen LogP contribution is 2.36. The van der Waals surface area contributed by atoms with Gasteiger partial charge in [0.05, 0.1) is 28.4 Å². The van der Waals surface area contributed by atoms with Crippen molar-refractivity contribution < 1.29 is 0 Å². The van der Waals surface area contributed by atoms with Gasteiger partial charge in [-0.05, 0) is 72.0 Å². The van der Waals surface area contributed by atoms with E-state index in [0.717, 1.165) is 35.3 Å². The summed E-state index contributed by atoms with van der Waals surface area (Å²) in [5.74, 6) is 0. The van der Waals surface area contributed by atoms with Gasteiger partial charge in [0.15, 0.2) is 0 Å². The topological polar surface area (TPSA) is 22.8 Å². The van der Waals surface area contributed by atoms with Crippen LogP contribution in [0.4, 0.5) is 0 Å². The first-order valence-electron chi connectivity index (χ1n) is 15.3. The molecule has 0 saturated heterocycles. The van der Waals surface area contributed by atoms with Crippen molar-refractivity contribution >= 4 is 38.8 Å². The highest BCUT2D eigenvalue weighted by molar-refractivity contribution is 6.09. The molecule has 0 fully saturated rings. The Hall–Kier alpha value is -5.67. The van der Waals surface area contributed by atoms with Crippen LogP contribution in [0.3, 0.4) is 0 Å². The van der Waals surface area contributed by atoms with Gasteiger partial charge in [-0.25, -0.2) is 0 Å². The summed E-state index contributed by atoms with van der Waals surface area (Å²) in [5, 5.41) is 3.85. The predicted octanol–water partition coefficient (Wildman–Crippen LogP) is 10.4. The van der Waals surface area contributed by atoms with E-state index in [1.807, 2.05) is 12.4 Å². The van der Waals surface area contributed by atoms with Gasteiger partial charge in [-0.1, -0.05) is 97.1 Å². The number of aromatic nitrogens is 3. The monoisotopic (exact) mass is 563 g/mol. The van der Waals surface area contributed by atoms with Crippen LogP contribution in [0.2, 0.25) is 0 Å². The van der Waals surface area contributed by atoms with E-state index in [9.17, 15) is 0 Å². The Labute approximate surface area is 256 Å². The van der Waals surface area contributed by atoms with E-state index in [-0.39, 0.29) is 0 Å². The maximum absolute atomic E-state index is 4.74. The first-order valence-corrected chi connectivity index (χ1v) is 15.3. The highest BCUT2D eigenvalue weighted by Gasteiger charge is 2.19. The highest BCUT2D eigenvalue weighted by atomic mass is 15.0. The lowest BCUT2D eigenvalue weighted by molar-refractivity contribution is 0.885. The molecular weight excluding hydrogens is 534 g/mol. The quantitative estimate of drug-likeness (QED) is 0.209. The van der Waals surface area contributed by atoms with E-state index in [1.54, 1.807) is 0 Å². The molecule has 1 aliphatic rings. The number of hydrogen-bond donors (Lipinski definition) is 0. The number of hydrogen-bond acceptors (Lipinski definition) is 1. The lowest BCUT2D eigenvalue weighted by Gasteiger charge is -2.14. The molecule has 0 atom stereocenters. The van der Waals surface area contributed by atoms with E-state index in [0.29, 0.717) is 0 Å². The van der Waals surface area contributed by atoms with Crippen molar-refractivity contribution in [1.82, 2.24) is 14.1 Å². The molecule has 0 bridgehead atoms. The first kappa shape index (κ1) is 24.9. The molecule has 3 heterocycles. The zero-order valence-electron chi connectivity index (χ0n) is 24.2. The van der Waals surface area contributed by atoms with Gasteiger partial charge in [0.25, 0.3) is 0 Å². The van der Waals surface area contributed by atoms with E-state index >= 15 is 0 Å². The number of nitrogens with zero attached hydrogens (tertiary/aromatic N) is 3. The van der Waals surface area contributed by atoms with E-state index < -0.39 is 0 Å². The number of benzene rings is 5. The molecule has 5 aromatic carbocycles. The van der Waals surface area contributed by atoms with Crippen LogP contribution in [0, 0.1) is 0 Å². The second-order valence-corrected chi connectivity index (χ2v) is 11.6. The van der Waals surface area contributed by atoms with Crippen molar-refractivity contribution in [3.8, 4) is 33.6 Å². The molecule has 9 rings (SSSR count). The van der Waals surface area contributed by atoms with Gasteiger partial charge in [0, 0.05) is 44.9 Å². The predicted molar refractivity (Wildman–Crippen MR) is 184 cm³/mol. The minimum atomic E-state index is 1.03. The fourth-order valence-electron chi connectivity index (χ4n) is 7.08. The number of pyridine rings is 1. The van der Waals surface area contributed by atoms with Gasteiger partial charge in [-0.15, -0.1) is 0 Å². The number of allylic oxidation sites excluding steroid dienone is 1. The molecule has 3 aromatic heterocycles. The zero-order valence-corrected chi connectivity index (χ0v) is 24.2. The van der Waals surface area contributed by atoms with Gasteiger partial charge in [0.2, 0.25) is 0 Å². The second-order valence-electron chi connectivity index (χ2n) is 11.6. The third-order valence-electron chi connectivity index (χ3n) is 9.04. The smallest absolute Gasteiger partial charge is 0.0648 e. The fraction of sp³-hybridized carbons (Fsp3) is 0.0488. The molecule has 1 aliphatic carbocycles. The standard InChI is InChI=1S/C41H29N3/c1-5-19-38-34(15-1)35-16-2-6-20-39(35)43(38)32-14-10-13-30(24-32)28-11-9-12-29(23-28)31-25-33(27-42-26-31)44-40-21-7-3-17-36(40)37-18-4-8-22-41(37)44/h1-7,9-21,23-27H,8,22H2. The third kappa shape index (κ3) is 3.86. The third-order valence-corrected chi connectivity index (χ3v) is 9.04. The molecule has 0 N–H and O–H groups in total. The van der Waals surface area contributed by atoms with Gasteiger partial charge >= 0.3 is 0 Å². The maximum Gasteiger partial charge on any atom is 0.0648 e. The molecule has 0 amide bonds. The molecule has 0 radical (unpaired) electrons. The van der Waals surface area contributed by atoms with Crippen molar-refractivity contribution in [3.05, 3.63) is 157 Å². The first-order chi connectivity index (χ1) is 21.8. The average molecular weight is 564 g/mol. The average Bonchev–Trinajstić information content (AvgIpc) is 3.62. The Bertz CT molecular complexity index is 2350. The normalized spacial score (nSPS) is 12.7. The fourth-order valence-corrected chi connectivity index (χ4v) is 7.08. The molecule has 208 valence electrons. The van der Waals surface area contributed by atoms with E-state index in [4.69, 9.17) is 4.98 Å². The van der Waals surface area contributed by atoms with Crippen molar-refractivity contribution in [2.45, 2.75) is 12.8 Å². The van der Waals surface area contributed by atoms with Gasteiger partial charge < -0.3 is 9.13 Å². The zero-order chi connectivity index (χ0) is 29.0. The summed E-state index contributed by atoms with van der Waals surface area (Å²) < 4.78 is 4.78. The molecule has 3 nitrogen and oxygen atoms in total. The van der Waals surface area contributed by atoms with E-state index in [1.165, 1.54) is 55.1 Å². The Balaban J connectivity index is 1.14. The van der Waals surface area contributed by atoms with Crippen LogP contribution in [-0.4, -0.2) is 14.1 Å². The molecule has 0 aliphatic heterocycles. The van der Waals surface area contributed by atoms with Gasteiger partial charge in [-0.3, -0.25) is 4.98 Å². The summed E-state index contributed by atoms with van der Waals surface area (Å²) >= 11 is 0. The lowest BCUT2D eigenvalue weighted by Crippen LogP contribution is -2.03. The largest absolute Gasteiger partial charge is 0.311 e. The van der Waals surface area contributed by atoms with Crippen LogP contribution >= 0.6 is 0 Å².